The van der Waals surface area contributed by atoms with E-state index in [0.717, 1.165) is 31.9 Å². The van der Waals surface area contributed by atoms with Crippen molar-refractivity contribution in [2.24, 2.45) is 0 Å². The molecule has 0 bridgehead atoms. The van der Waals surface area contributed by atoms with Gasteiger partial charge in [0.05, 0.1) is 30.2 Å². The van der Waals surface area contributed by atoms with Gasteiger partial charge in [-0.2, -0.15) is 10.2 Å². The molecule has 0 aliphatic rings. The van der Waals surface area contributed by atoms with Crippen LogP contribution in [0, 0.1) is 6.92 Å². The molecule has 2 rings (SSSR count). The van der Waals surface area contributed by atoms with E-state index in [1.54, 1.807) is 6.20 Å². The summed E-state index contributed by atoms with van der Waals surface area (Å²) in [5.41, 5.74) is 1.99. The number of hydrogen-bond acceptors (Lipinski definition) is 4. The van der Waals surface area contributed by atoms with Crippen molar-refractivity contribution in [3.05, 3.63) is 29.8 Å². The highest BCUT2D eigenvalue weighted by atomic mass is 16.1. The quantitative estimate of drug-likeness (QED) is 0.810. The Morgan fingerprint density at radius 1 is 1.38 bits per heavy atom. The zero-order chi connectivity index (χ0) is 15.2. The molecule has 2 aromatic rings. The summed E-state index contributed by atoms with van der Waals surface area (Å²) in [5.74, 6) is -0.176. The number of H-pyrrole nitrogens is 1. The molecule has 0 aromatic carbocycles. The lowest BCUT2D eigenvalue weighted by molar-refractivity contribution is 0.102. The van der Waals surface area contributed by atoms with Crippen molar-refractivity contribution in [3.8, 4) is 0 Å². The van der Waals surface area contributed by atoms with Crippen molar-refractivity contribution < 1.29 is 4.79 Å². The van der Waals surface area contributed by atoms with Gasteiger partial charge >= 0.3 is 0 Å². The van der Waals surface area contributed by atoms with Gasteiger partial charge in [0.25, 0.3) is 5.91 Å². The average Bonchev–Trinajstić information content (AvgIpc) is 3.09. The molecule has 7 nitrogen and oxygen atoms in total. The van der Waals surface area contributed by atoms with Gasteiger partial charge < -0.3 is 10.2 Å². The lowest BCUT2D eigenvalue weighted by atomic mass is 10.2. The number of likely N-dealkylation sites (N-methyl/N-ethyl adjacent to an activating group) is 1. The van der Waals surface area contributed by atoms with Crippen LogP contribution in [0.25, 0.3) is 0 Å². The first-order chi connectivity index (χ1) is 10.1. The molecule has 1 amide bonds. The van der Waals surface area contributed by atoms with Crippen molar-refractivity contribution in [1.82, 2.24) is 24.9 Å². The molecule has 0 spiro atoms. The molecule has 0 aliphatic heterocycles. The van der Waals surface area contributed by atoms with E-state index in [2.05, 4.69) is 39.4 Å². The number of hydrogen-bond donors (Lipinski definition) is 2. The largest absolute Gasteiger partial charge is 0.319 e. The van der Waals surface area contributed by atoms with Crippen LogP contribution in [-0.4, -0.2) is 50.4 Å². The Bertz CT molecular complexity index is 584. The van der Waals surface area contributed by atoms with Gasteiger partial charge in [-0.3, -0.25) is 14.6 Å². The zero-order valence-electron chi connectivity index (χ0n) is 12.8. The summed E-state index contributed by atoms with van der Waals surface area (Å²) in [6.07, 6.45) is 5.03. The predicted molar refractivity (Wildman–Crippen MR) is 81.3 cm³/mol. The SMILES string of the molecule is CCN(CC)CCn1cc(NC(=O)c2cn[nH]c2C)cn1. The number of aromatic nitrogens is 4. The summed E-state index contributed by atoms with van der Waals surface area (Å²) in [5, 5.41) is 13.7. The van der Waals surface area contributed by atoms with E-state index >= 15 is 0 Å². The van der Waals surface area contributed by atoms with Gasteiger partial charge in [0.1, 0.15) is 0 Å². The molecular formula is C14H22N6O. The number of amides is 1. The number of anilines is 1. The third kappa shape index (κ3) is 3.91. The highest BCUT2D eigenvalue weighted by Crippen LogP contribution is 2.09. The highest BCUT2D eigenvalue weighted by molar-refractivity contribution is 6.04. The minimum atomic E-state index is -0.176. The van der Waals surface area contributed by atoms with Crippen LogP contribution in [0.2, 0.25) is 0 Å². The number of nitrogens with one attached hydrogen (secondary N) is 2. The first kappa shape index (κ1) is 15.2. The summed E-state index contributed by atoms with van der Waals surface area (Å²) in [7, 11) is 0. The summed E-state index contributed by atoms with van der Waals surface area (Å²) >= 11 is 0. The summed E-state index contributed by atoms with van der Waals surface area (Å²) in [6.45, 7) is 9.92. The van der Waals surface area contributed by atoms with Crippen molar-refractivity contribution in [1.29, 1.82) is 0 Å². The summed E-state index contributed by atoms with van der Waals surface area (Å²) in [6, 6.07) is 0. The van der Waals surface area contributed by atoms with Crippen LogP contribution in [0.5, 0.6) is 0 Å². The fraction of sp³-hybridized carbons (Fsp3) is 0.500. The Hall–Kier alpha value is -2.15. The second kappa shape index (κ2) is 7.03. The number of carbonyl (C=O) groups is 1. The van der Waals surface area contributed by atoms with Crippen LogP contribution in [0.15, 0.2) is 18.6 Å². The smallest absolute Gasteiger partial charge is 0.259 e. The molecule has 2 aromatic heterocycles. The maximum atomic E-state index is 12.0. The van der Waals surface area contributed by atoms with E-state index in [4.69, 9.17) is 0 Å². The molecule has 0 radical (unpaired) electrons. The number of carbonyl (C=O) groups excluding carboxylic acids is 1. The van der Waals surface area contributed by atoms with Gasteiger partial charge in [-0.15, -0.1) is 0 Å². The third-order valence-electron chi connectivity index (χ3n) is 3.51. The minimum Gasteiger partial charge on any atom is -0.319 e. The predicted octanol–water partition coefficient (Wildman–Crippen LogP) is 1.51. The topological polar surface area (TPSA) is 78.8 Å². The number of aryl methyl sites for hydroxylation is 1. The van der Waals surface area contributed by atoms with Gasteiger partial charge in [-0.1, -0.05) is 13.8 Å². The van der Waals surface area contributed by atoms with Crippen molar-refractivity contribution in [3.63, 3.8) is 0 Å². The Morgan fingerprint density at radius 2 is 2.14 bits per heavy atom. The molecule has 0 atom stereocenters. The van der Waals surface area contributed by atoms with Crippen LogP contribution < -0.4 is 5.32 Å². The molecule has 7 heteroatoms. The van der Waals surface area contributed by atoms with Crippen LogP contribution >= 0.6 is 0 Å². The van der Waals surface area contributed by atoms with Crippen LogP contribution in [-0.2, 0) is 6.54 Å². The molecule has 21 heavy (non-hydrogen) atoms. The van der Waals surface area contributed by atoms with E-state index in [0.29, 0.717) is 11.3 Å². The molecule has 0 fully saturated rings. The Balaban J connectivity index is 1.91. The normalized spacial score (nSPS) is 11.0. The van der Waals surface area contributed by atoms with E-state index in [1.807, 2.05) is 17.8 Å². The van der Waals surface area contributed by atoms with Crippen LogP contribution in [0.4, 0.5) is 5.69 Å². The molecule has 2 heterocycles. The van der Waals surface area contributed by atoms with E-state index in [9.17, 15) is 4.79 Å². The molecule has 0 aliphatic carbocycles. The Labute approximate surface area is 124 Å². The lowest BCUT2D eigenvalue weighted by Crippen LogP contribution is -2.27. The molecule has 114 valence electrons. The lowest BCUT2D eigenvalue weighted by Gasteiger charge is -2.17. The number of rotatable bonds is 7. The molecule has 0 saturated carbocycles. The Kier molecular flexibility index (Phi) is 5.10. The van der Waals surface area contributed by atoms with Gasteiger partial charge in [0, 0.05) is 18.4 Å². The first-order valence-corrected chi connectivity index (χ1v) is 7.20. The Morgan fingerprint density at radius 3 is 2.76 bits per heavy atom. The van der Waals surface area contributed by atoms with Gasteiger partial charge in [-0.05, 0) is 20.0 Å². The first-order valence-electron chi connectivity index (χ1n) is 7.20. The van der Waals surface area contributed by atoms with Crippen molar-refractivity contribution in [2.75, 3.05) is 25.0 Å². The molecule has 2 N–H and O–H groups in total. The van der Waals surface area contributed by atoms with E-state index in [-0.39, 0.29) is 5.91 Å². The van der Waals surface area contributed by atoms with Gasteiger partial charge in [-0.25, -0.2) is 0 Å². The summed E-state index contributed by atoms with van der Waals surface area (Å²) < 4.78 is 1.84. The second-order valence-electron chi connectivity index (χ2n) is 4.88. The zero-order valence-corrected chi connectivity index (χ0v) is 12.8. The molecule has 0 unspecified atom stereocenters. The van der Waals surface area contributed by atoms with Crippen molar-refractivity contribution >= 4 is 11.6 Å². The highest BCUT2D eigenvalue weighted by Gasteiger charge is 2.12. The standard InChI is InChI=1S/C14H22N6O/c1-4-19(5-2)6-7-20-10-12(8-16-20)17-14(21)13-9-15-18-11(13)3/h8-10H,4-7H2,1-3H3,(H,15,18)(H,17,21). The average molecular weight is 290 g/mol. The molecular weight excluding hydrogens is 268 g/mol. The fourth-order valence-electron chi connectivity index (χ4n) is 2.11. The maximum Gasteiger partial charge on any atom is 0.259 e. The monoisotopic (exact) mass is 290 g/mol. The van der Waals surface area contributed by atoms with E-state index in [1.165, 1.54) is 6.20 Å². The summed E-state index contributed by atoms with van der Waals surface area (Å²) in [4.78, 5) is 14.4. The van der Waals surface area contributed by atoms with E-state index < -0.39 is 0 Å². The third-order valence-corrected chi connectivity index (χ3v) is 3.51. The minimum absolute atomic E-state index is 0.176. The van der Waals surface area contributed by atoms with Crippen LogP contribution in [0.1, 0.15) is 29.9 Å². The fourth-order valence-corrected chi connectivity index (χ4v) is 2.11. The maximum absolute atomic E-state index is 12.0. The second-order valence-corrected chi connectivity index (χ2v) is 4.88. The number of aromatic amines is 1. The van der Waals surface area contributed by atoms with Gasteiger partial charge in [0.15, 0.2) is 0 Å². The van der Waals surface area contributed by atoms with Gasteiger partial charge in [0.2, 0.25) is 0 Å². The molecule has 0 saturated heterocycles. The van der Waals surface area contributed by atoms with Crippen LogP contribution in [0.3, 0.4) is 0 Å². The van der Waals surface area contributed by atoms with Crippen molar-refractivity contribution in [2.45, 2.75) is 27.3 Å². The number of nitrogens with zero attached hydrogens (tertiary/aromatic N) is 4.